The molecule has 5 atom stereocenters. The zero-order chi connectivity index (χ0) is 43.5. The van der Waals surface area contributed by atoms with Gasteiger partial charge in [0.05, 0.1) is 0 Å². The minimum Gasteiger partial charge on any atom is -0.359 e. The summed E-state index contributed by atoms with van der Waals surface area (Å²) >= 11 is 0. The maximum Gasteiger partial charge on any atom is 0.338 e. The predicted molar refractivity (Wildman–Crippen MR) is 199 cm³/mol. The second-order valence-electron chi connectivity index (χ2n) is 20.0. The summed E-state index contributed by atoms with van der Waals surface area (Å²) in [4.78, 5) is 70.5. The van der Waals surface area contributed by atoms with E-state index in [1.54, 1.807) is 20.8 Å². The van der Waals surface area contributed by atoms with E-state index < -0.39 is 99.3 Å². The smallest absolute Gasteiger partial charge is 0.338 e. The first-order valence-electron chi connectivity index (χ1n) is 19.7. The Morgan fingerprint density at radius 3 is 1.81 bits per heavy atom. The quantitative estimate of drug-likeness (QED) is 0.0674. The fourth-order valence-electron chi connectivity index (χ4n) is 8.54. The number of nitrogens with one attached hydrogen (secondary N) is 4. The van der Waals surface area contributed by atoms with Gasteiger partial charge in [-0.05, 0) is 73.0 Å². The van der Waals surface area contributed by atoms with Crippen LogP contribution in [0.15, 0.2) is 0 Å². The van der Waals surface area contributed by atoms with Crippen LogP contribution in [0.2, 0.25) is 0 Å². The number of likely N-dealkylation sites (tertiary alicyclic amines) is 1. The number of nitrogens with zero attached hydrogens (tertiary/aromatic N) is 1. The van der Waals surface area contributed by atoms with Gasteiger partial charge in [-0.1, -0.05) is 74.7 Å². The first-order chi connectivity index (χ1) is 25.7. The zero-order valence-corrected chi connectivity index (χ0v) is 34.3. The van der Waals surface area contributed by atoms with Crippen molar-refractivity contribution in [3.05, 3.63) is 0 Å². The van der Waals surface area contributed by atoms with Crippen molar-refractivity contribution in [1.82, 2.24) is 26.2 Å². The van der Waals surface area contributed by atoms with Crippen molar-refractivity contribution in [3.8, 4) is 0 Å². The van der Waals surface area contributed by atoms with Crippen LogP contribution in [0.25, 0.3) is 0 Å². The van der Waals surface area contributed by atoms with Crippen LogP contribution >= 0.6 is 0 Å². The van der Waals surface area contributed by atoms with E-state index in [4.69, 9.17) is 0 Å². The van der Waals surface area contributed by atoms with Crippen LogP contribution in [-0.2, 0) is 19.2 Å². The second kappa shape index (κ2) is 15.5. The fourth-order valence-corrected chi connectivity index (χ4v) is 8.54. The Labute approximate surface area is 332 Å². The summed E-state index contributed by atoms with van der Waals surface area (Å²) in [6.45, 7) is 15.3. The van der Waals surface area contributed by atoms with E-state index in [2.05, 4.69) is 36.7 Å². The molecule has 1 heterocycles. The molecule has 0 aromatic rings. The van der Waals surface area contributed by atoms with E-state index in [9.17, 15) is 69.9 Å². The van der Waals surface area contributed by atoms with Gasteiger partial charge < -0.3 is 72.1 Å². The monoisotopic (exact) mass is 815 g/mol. The highest BCUT2D eigenvalue weighted by Crippen LogP contribution is 2.57. The molecule has 5 amide bonds. The number of carbonyl (C=O) groups is 5. The van der Waals surface area contributed by atoms with Crippen LogP contribution in [-0.4, -0.2) is 140 Å². The van der Waals surface area contributed by atoms with Gasteiger partial charge in [-0.3, -0.25) is 19.2 Å². The van der Waals surface area contributed by atoms with Crippen LogP contribution in [0.5, 0.6) is 0 Å². The van der Waals surface area contributed by atoms with Crippen molar-refractivity contribution in [2.45, 2.75) is 173 Å². The molecule has 0 aromatic heterocycles. The molecule has 13 N–H and O–H groups in total. The van der Waals surface area contributed by atoms with Gasteiger partial charge in [0.15, 0.2) is 6.04 Å². The topological polar surface area (TPSA) is 319 Å². The average molecular weight is 816 g/mol. The normalized spacial score (nSPS) is 25.0. The molecule has 19 heteroatoms. The third-order valence-corrected chi connectivity index (χ3v) is 12.5. The van der Waals surface area contributed by atoms with Gasteiger partial charge in [-0.25, -0.2) is 4.79 Å². The molecule has 19 nitrogen and oxygen atoms in total. The van der Waals surface area contributed by atoms with Crippen molar-refractivity contribution < 1.29 is 69.9 Å². The summed E-state index contributed by atoms with van der Waals surface area (Å²) in [5.74, 6) is -26.3. The van der Waals surface area contributed by atoms with Crippen molar-refractivity contribution >= 4 is 29.5 Å². The molecule has 326 valence electrons. The van der Waals surface area contributed by atoms with E-state index in [-0.39, 0.29) is 17.9 Å². The maximum atomic E-state index is 14.7. The number of ketones is 1. The summed E-state index contributed by atoms with van der Waals surface area (Å²) < 4.78 is 0. The lowest BCUT2D eigenvalue weighted by Crippen LogP contribution is -2.81. The van der Waals surface area contributed by atoms with E-state index in [0.717, 1.165) is 44.9 Å². The second-order valence-corrected chi connectivity index (χ2v) is 20.0. The Morgan fingerprint density at radius 2 is 1.33 bits per heavy atom. The number of rotatable bonds is 14. The molecule has 3 aliphatic carbocycles. The van der Waals surface area contributed by atoms with Crippen molar-refractivity contribution in [2.24, 2.45) is 28.1 Å². The van der Waals surface area contributed by atoms with Gasteiger partial charge in [-0.2, -0.15) is 0 Å². The standard InChI is InChI=1S/C38H65N5O14/c1-31(2,3)16-17-34(14-10-9-11-15-34)42-30(48)41-26(32(4,5)6)29(47)43-19-22-21(18-33(22,7)8)23(43)27(45)40-25(24(44)28(46)39-20-12-13-20)35(49,50)36(51,52)37(53,54)38(55,56)57/h20-23,25-26,49-57H,9-19H2,1-8H3,(H,39,46)(H,40,45)(H2,41,42,48). The lowest BCUT2D eigenvalue weighted by molar-refractivity contribution is -0.544. The molecule has 0 spiro atoms. The summed E-state index contributed by atoms with van der Waals surface area (Å²) in [6, 6.07) is -7.03. The van der Waals surface area contributed by atoms with E-state index >= 15 is 0 Å². The molecule has 1 aliphatic heterocycles. The third-order valence-electron chi connectivity index (χ3n) is 12.5. The molecule has 1 saturated heterocycles. The number of hydrogen-bond acceptors (Lipinski definition) is 14. The van der Waals surface area contributed by atoms with Crippen molar-refractivity contribution in [2.75, 3.05) is 6.54 Å². The molecule has 4 rings (SSSR count). The van der Waals surface area contributed by atoms with Crippen LogP contribution in [0.4, 0.5) is 4.79 Å². The Hall–Kier alpha value is -3.01. The molecular formula is C38H65N5O14. The fraction of sp³-hybridized carbons (Fsp3) is 0.868. The first kappa shape index (κ1) is 46.7. The Bertz CT molecular complexity index is 1550. The SMILES string of the molecule is CC(C)(C)CCC1(NC(=O)NC(C(=O)N2CC3C(CC3(C)C)C2C(=O)NC(C(=O)C(=O)NC2CC2)C(O)(O)C(O)(O)C(O)(O)C(O)(O)O)C(C)(C)C)CCCCC1. The van der Waals surface area contributed by atoms with E-state index in [1.807, 2.05) is 19.2 Å². The summed E-state index contributed by atoms with van der Waals surface area (Å²) in [6.07, 6.45) is 7.20. The van der Waals surface area contributed by atoms with Gasteiger partial charge in [0.25, 0.3) is 17.5 Å². The minimum atomic E-state index is -5.09. The number of aliphatic hydroxyl groups is 9. The lowest BCUT2D eigenvalue weighted by atomic mass is 9.55. The molecule has 0 aromatic carbocycles. The van der Waals surface area contributed by atoms with Gasteiger partial charge in [0, 0.05) is 18.1 Å². The van der Waals surface area contributed by atoms with Crippen LogP contribution in [0.3, 0.4) is 0 Å². The minimum absolute atomic E-state index is 0.0115. The molecule has 5 unspecified atom stereocenters. The molecule has 4 aliphatic rings. The number of carbonyl (C=O) groups excluding carboxylic acids is 5. The molecule has 57 heavy (non-hydrogen) atoms. The maximum absolute atomic E-state index is 14.7. The Kier molecular flexibility index (Phi) is 12.7. The van der Waals surface area contributed by atoms with Gasteiger partial charge >= 0.3 is 17.8 Å². The number of Topliss-reactive ketones (excluding diaryl/α,β-unsaturated/α-hetero) is 1. The van der Waals surface area contributed by atoms with E-state index in [0.29, 0.717) is 19.3 Å². The Balaban J connectivity index is 1.68. The Morgan fingerprint density at radius 1 is 0.772 bits per heavy atom. The van der Waals surface area contributed by atoms with Crippen molar-refractivity contribution in [1.29, 1.82) is 0 Å². The summed E-state index contributed by atoms with van der Waals surface area (Å²) in [5.41, 5.74) is -1.83. The third kappa shape index (κ3) is 9.57. The van der Waals surface area contributed by atoms with Crippen molar-refractivity contribution in [3.63, 3.8) is 0 Å². The molecule has 0 radical (unpaired) electrons. The highest BCUT2D eigenvalue weighted by Gasteiger charge is 2.74. The molecule has 4 fully saturated rings. The zero-order valence-electron chi connectivity index (χ0n) is 34.3. The highest BCUT2D eigenvalue weighted by molar-refractivity contribution is 6.39. The molecule has 0 bridgehead atoms. The lowest BCUT2D eigenvalue weighted by Gasteiger charge is -2.49. The molecule has 3 saturated carbocycles. The highest BCUT2D eigenvalue weighted by atomic mass is 16.8. The van der Waals surface area contributed by atoms with Crippen LogP contribution in [0, 0.1) is 28.1 Å². The van der Waals surface area contributed by atoms with Gasteiger partial charge in [0.2, 0.25) is 17.6 Å². The number of hydrogen-bond donors (Lipinski definition) is 13. The van der Waals surface area contributed by atoms with Crippen LogP contribution in [0.1, 0.15) is 120 Å². The predicted octanol–water partition coefficient (Wildman–Crippen LogP) is -1.89. The summed E-state index contributed by atoms with van der Waals surface area (Å²) in [5, 5.41) is 102. The van der Waals surface area contributed by atoms with Gasteiger partial charge in [0.1, 0.15) is 12.1 Å². The number of fused-ring (bicyclic) bond motifs is 1. The molecular weight excluding hydrogens is 750 g/mol. The van der Waals surface area contributed by atoms with Gasteiger partial charge in [-0.15, -0.1) is 0 Å². The number of amides is 5. The average Bonchev–Trinajstić information content (AvgIpc) is 3.81. The largest absolute Gasteiger partial charge is 0.359 e. The van der Waals surface area contributed by atoms with Crippen LogP contribution < -0.4 is 21.3 Å². The number of urea groups is 1. The van der Waals surface area contributed by atoms with E-state index in [1.165, 1.54) is 4.90 Å². The first-order valence-corrected chi connectivity index (χ1v) is 19.7. The summed E-state index contributed by atoms with van der Waals surface area (Å²) in [7, 11) is 0.